The standard InChI is InChI=1S/C16H21N5/c1-4-17-9-15-12(2)19-21(13(15)3)11-14-10-20-8-6-5-7-16(20)18-14/h5-8,10,17H,4,9,11H2,1-3H3. The monoisotopic (exact) mass is 283 g/mol. The molecule has 0 saturated heterocycles. The van der Waals surface area contributed by atoms with Gasteiger partial charge in [0.25, 0.3) is 0 Å². The maximum Gasteiger partial charge on any atom is 0.137 e. The highest BCUT2D eigenvalue weighted by Gasteiger charge is 2.12. The molecule has 0 amide bonds. The van der Waals surface area contributed by atoms with Crippen molar-refractivity contribution in [2.45, 2.75) is 33.9 Å². The van der Waals surface area contributed by atoms with Crippen LogP contribution in [0.2, 0.25) is 0 Å². The van der Waals surface area contributed by atoms with Gasteiger partial charge in [0, 0.05) is 30.2 Å². The minimum Gasteiger partial charge on any atom is -0.313 e. The Balaban J connectivity index is 1.87. The van der Waals surface area contributed by atoms with Gasteiger partial charge in [-0.15, -0.1) is 0 Å². The van der Waals surface area contributed by atoms with Crippen molar-refractivity contribution in [3.05, 3.63) is 53.2 Å². The Hall–Kier alpha value is -2.14. The molecular weight excluding hydrogens is 262 g/mol. The predicted octanol–water partition coefficient (Wildman–Crippen LogP) is 2.31. The molecule has 0 radical (unpaired) electrons. The molecule has 0 aliphatic carbocycles. The van der Waals surface area contributed by atoms with Gasteiger partial charge >= 0.3 is 0 Å². The zero-order chi connectivity index (χ0) is 14.8. The average molecular weight is 283 g/mol. The summed E-state index contributed by atoms with van der Waals surface area (Å²) < 4.78 is 4.09. The molecule has 3 heterocycles. The first-order valence-electron chi connectivity index (χ1n) is 7.35. The van der Waals surface area contributed by atoms with Crippen LogP contribution < -0.4 is 5.32 Å². The quantitative estimate of drug-likeness (QED) is 0.781. The fourth-order valence-electron chi connectivity index (χ4n) is 2.61. The summed E-state index contributed by atoms with van der Waals surface area (Å²) >= 11 is 0. The summed E-state index contributed by atoms with van der Waals surface area (Å²) in [6.07, 6.45) is 4.08. The Morgan fingerprint density at radius 1 is 1.24 bits per heavy atom. The number of pyridine rings is 1. The molecule has 0 unspecified atom stereocenters. The van der Waals surface area contributed by atoms with Crippen molar-refractivity contribution in [3.63, 3.8) is 0 Å². The number of nitrogens with one attached hydrogen (secondary N) is 1. The van der Waals surface area contributed by atoms with Crippen molar-refractivity contribution in [2.75, 3.05) is 6.54 Å². The van der Waals surface area contributed by atoms with Gasteiger partial charge in [-0.05, 0) is 32.5 Å². The van der Waals surface area contributed by atoms with Crippen molar-refractivity contribution in [3.8, 4) is 0 Å². The van der Waals surface area contributed by atoms with Crippen LogP contribution >= 0.6 is 0 Å². The minimum atomic E-state index is 0.709. The van der Waals surface area contributed by atoms with Crippen LogP contribution in [0.1, 0.15) is 29.6 Å². The van der Waals surface area contributed by atoms with Gasteiger partial charge in [0.05, 0.1) is 17.9 Å². The normalized spacial score (nSPS) is 11.4. The van der Waals surface area contributed by atoms with Gasteiger partial charge in [-0.1, -0.05) is 13.0 Å². The van der Waals surface area contributed by atoms with Crippen molar-refractivity contribution in [1.82, 2.24) is 24.5 Å². The van der Waals surface area contributed by atoms with E-state index in [9.17, 15) is 0 Å². The van der Waals surface area contributed by atoms with Crippen LogP contribution in [0.3, 0.4) is 0 Å². The van der Waals surface area contributed by atoms with Crippen LogP contribution in [-0.4, -0.2) is 25.7 Å². The highest BCUT2D eigenvalue weighted by atomic mass is 15.3. The molecule has 0 fully saturated rings. The van der Waals surface area contributed by atoms with Gasteiger partial charge in [-0.3, -0.25) is 4.68 Å². The lowest BCUT2D eigenvalue weighted by Gasteiger charge is -2.04. The number of imidazole rings is 1. The number of hydrogen-bond donors (Lipinski definition) is 1. The van der Waals surface area contributed by atoms with Gasteiger partial charge < -0.3 is 9.72 Å². The summed E-state index contributed by atoms with van der Waals surface area (Å²) in [6.45, 7) is 8.87. The van der Waals surface area contributed by atoms with Gasteiger partial charge in [0.15, 0.2) is 0 Å². The van der Waals surface area contributed by atoms with E-state index in [-0.39, 0.29) is 0 Å². The number of hydrogen-bond acceptors (Lipinski definition) is 3. The summed E-state index contributed by atoms with van der Waals surface area (Å²) in [5, 5.41) is 8.03. The van der Waals surface area contributed by atoms with Gasteiger partial charge in [0.2, 0.25) is 0 Å². The molecule has 110 valence electrons. The lowest BCUT2D eigenvalue weighted by atomic mass is 10.2. The highest BCUT2D eigenvalue weighted by molar-refractivity contribution is 5.39. The third-order valence-electron chi connectivity index (χ3n) is 3.81. The van der Waals surface area contributed by atoms with Crippen LogP contribution in [0.4, 0.5) is 0 Å². The van der Waals surface area contributed by atoms with E-state index in [4.69, 9.17) is 0 Å². The molecule has 0 saturated carbocycles. The first kappa shape index (κ1) is 13.8. The molecule has 1 N–H and O–H groups in total. The summed E-state index contributed by atoms with van der Waals surface area (Å²) in [7, 11) is 0. The molecule has 0 bridgehead atoms. The van der Waals surface area contributed by atoms with E-state index >= 15 is 0 Å². The van der Waals surface area contributed by atoms with E-state index in [2.05, 4.69) is 42.4 Å². The summed E-state index contributed by atoms with van der Waals surface area (Å²) in [5.41, 5.74) is 5.60. The van der Waals surface area contributed by atoms with Crippen molar-refractivity contribution in [1.29, 1.82) is 0 Å². The topological polar surface area (TPSA) is 47.2 Å². The predicted molar refractivity (Wildman–Crippen MR) is 83.4 cm³/mol. The second-order valence-corrected chi connectivity index (χ2v) is 5.29. The molecule has 3 rings (SSSR count). The highest BCUT2D eigenvalue weighted by Crippen LogP contribution is 2.15. The molecule has 21 heavy (non-hydrogen) atoms. The third kappa shape index (κ3) is 2.69. The largest absolute Gasteiger partial charge is 0.313 e. The van der Waals surface area contributed by atoms with E-state index < -0.39 is 0 Å². The van der Waals surface area contributed by atoms with Crippen LogP contribution in [-0.2, 0) is 13.1 Å². The number of aryl methyl sites for hydroxylation is 1. The van der Waals surface area contributed by atoms with E-state index in [0.29, 0.717) is 6.54 Å². The Bertz CT molecular complexity index is 720. The smallest absolute Gasteiger partial charge is 0.137 e. The molecule has 0 aliphatic heterocycles. The Labute approximate surface area is 124 Å². The van der Waals surface area contributed by atoms with Crippen LogP contribution in [0.5, 0.6) is 0 Å². The van der Waals surface area contributed by atoms with Crippen LogP contribution in [0, 0.1) is 13.8 Å². The summed E-state index contributed by atoms with van der Waals surface area (Å²) in [4.78, 5) is 4.64. The molecule has 0 spiro atoms. The van der Waals surface area contributed by atoms with E-state index in [0.717, 1.165) is 30.1 Å². The van der Waals surface area contributed by atoms with Crippen LogP contribution in [0.15, 0.2) is 30.6 Å². The number of fused-ring (bicyclic) bond motifs is 1. The van der Waals surface area contributed by atoms with E-state index in [1.807, 2.05) is 33.5 Å². The van der Waals surface area contributed by atoms with Crippen molar-refractivity contribution < 1.29 is 0 Å². The maximum atomic E-state index is 4.66. The second-order valence-electron chi connectivity index (χ2n) is 5.29. The van der Waals surface area contributed by atoms with Gasteiger partial charge in [0.1, 0.15) is 5.65 Å². The molecule has 0 atom stereocenters. The zero-order valence-corrected chi connectivity index (χ0v) is 12.8. The lowest BCUT2D eigenvalue weighted by molar-refractivity contribution is 0.646. The first-order valence-corrected chi connectivity index (χ1v) is 7.35. The van der Waals surface area contributed by atoms with Crippen molar-refractivity contribution in [2.24, 2.45) is 0 Å². The number of aromatic nitrogens is 4. The van der Waals surface area contributed by atoms with Gasteiger partial charge in [-0.2, -0.15) is 5.10 Å². The number of nitrogens with zero attached hydrogens (tertiary/aromatic N) is 4. The average Bonchev–Trinajstić information content (AvgIpc) is 2.99. The van der Waals surface area contributed by atoms with Crippen LogP contribution in [0.25, 0.3) is 5.65 Å². The van der Waals surface area contributed by atoms with E-state index in [1.54, 1.807) is 0 Å². The molecule has 3 aromatic rings. The SMILES string of the molecule is CCNCc1c(C)nn(Cc2cn3ccccc3n2)c1C. The lowest BCUT2D eigenvalue weighted by Crippen LogP contribution is -2.13. The fraction of sp³-hybridized carbons (Fsp3) is 0.375. The Kier molecular flexibility index (Phi) is 3.75. The van der Waals surface area contributed by atoms with Gasteiger partial charge in [-0.25, -0.2) is 4.98 Å². The third-order valence-corrected chi connectivity index (χ3v) is 3.81. The summed E-state index contributed by atoms with van der Waals surface area (Å²) in [6, 6.07) is 6.03. The Morgan fingerprint density at radius 3 is 2.86 bits per heavy atom. The fourth-order valence-corrected chi connectivity index (χ4v) is 2.61. The summed E-state index contributed by atoms with van der Waals surface area (Å²) in [5.74, 6) is 0. The Morgan fingerprint density at radius 2 is 2.10 bits per heavy atom. The minimum absolute atomic E-state index is 0.709. The van der Waals surface area contributed by atoms with E-state index in [1.165, 1.54) is 11.3 Å². The molecular formula is C16H21N5. The zero-order valence-electron chi connectivity index (χ0n) is 12.8. The number of rotatable bonds is 5. The molecule has 3 aromatic heterocycles. The molecule has 5 nitrogen and oxygen atoms in total. The first-order chi connectivity index (χ1) is 10.2. The molecule has 0 aliphatic rings. The second kappa shape index (κ2) is 5.69. The molecule has 0 aromatic carbocycles. The van der Waals surface area contributed by atoms with Crippen molar-refractivity contribution >= 4 is 5.65 Å². The molecule has 5 heteroatoms. The maximum absolute atomic E-state index is 4.66.